The molecule has 0 bridgehead atoms. The molecular formula is C15H19N3O2S. The lowest BCUT2D eigenvalue weighted by atomic mass is 10.1. The van der Waals surface area contributed by atoms with Gasteiger partial charge in [0.1, 0.15) is 5.84 Å². The second-order valence-electron chi connectivity index (χ2n) is 5.15. The fourth-order valence-electron chi connectivity index (χ4n) is 2.26. The number of hydrogen-bond donors (Lipinski definition) is 2. The lowest BCUT2D eigenvalue weighted by Gasteiger charge is -2.25. The first-order valence-corrected chi connectivity index (χ1v) is 8.10. The van der Waals surface area contributed by atoms with Gasteiger partial charge < -0.3 is 5.73 Å². The fourth-order valence-corrected chi connectivity index (χ4v) is 4.09. The molecule has 0 unspecified atom stereocenters. The minimum absolute atomic E-state index is 0.108. The van der Waals surface area contributed by atoms with E-state index in [1.807, 2.05) is 24.3 Å². The molecule has 6 heteroatoms. The molecule has 0 aliphatic heterocycles. The van der Waals surface area contributed by atoms with Gasteiger partial charge in [-0.3, -0.25) is 5.41 Å². The van der Waals surface area contributed by atoms with Crippen LogP contribution in [-0.2, 0) is 10.0 Å². The summed E-state index contributed by atoms with van der Waals surface area (Å²) in [6.45, 7) is 3.43. The number of nitrogens with zero attached hydrogens (tertiary/aromatic N) is 1. The summed E-state index contributed by atoms with van der Waals surface area (Å²) in [6, 6.07) is 12.2. The quantitative estimate of drug-likeness (QED) is 0.655. The summed E-state index contributed by atoms with van der Waals surface area (Å²) in [5.41, 5.74) is 5.40. The molecule has 0 aliphatic carbocycles. The van der Waals surface area contributed by atoms with Gasteiger partial charge in [-0.15, -0.1) is 0 Å². The van der Waals surface area contributed by atoms with Crippen molar-refractivity contribution in [2.24, 2.45) is 5.73 Å². The Morgan fingerprint density at radius 3 is 2.43 bits per heavy atom. The molecule has 5 nitrogen and oxygen atoms in total. The highest BCUT2D eigenvalue weighted by atomic mass is 32.2. The minimum atomic E-state index is -3.71. The van der Waals surface area contributed by atoms with Crippen LogP contribution in [0.4, 0.5) is 0 Å². The van der Waals surface area contributed by atoms with Gasteiger partial charge in [0.05, 0.1) is 11.4 Å². The van der Waals surface area contributed by atoms with Gasteiger partial charge in [-0.1, -0.05) is 36.4 Å². The number of sulfonamides is 1. The van der Waals surface area contributed by atoms with Crippen molar-refractivity contribution in [3.63, 3.8) is 0 Å². The van der Waals surface area contributed by atoms with Crippen molar-refractivity contribution in [1.82, 2.24) is 4.31 Å². The van der Waals surface area contributed by atoms with Crippen LogP contribution in [0.15, 0.2) is 47.4 Å². The summed E-state index contributed by atoms with van der Waals surface area (Å²) in [5.74, 6) is -0.174. The molecule has 0 aromatic heterocycles. The van der Waals surface area contributed by atoms with Crippen molar-refractivity contribution in [2.45, 2.75) is 24.8 Å². The Bertz CT molecular complexity index is 764. The van der Waals surface area contributed by atoms with Crippen molar-refractivity contribution in [2.75, 3.05) is 6.54 Å². The summed E-state index contributed by atoms with van der Waals surface area (Å²) < 4.78 is 27.0. The zero-order valence-corrected chi connectivity index (χ0v) is 12.9. The average Bonchev–Trinajstić information content (AvgIpc) is 2.43. The van der Waals surface area contributed by atoms with E-state index < -0.39 is 10.0 Å². The van der Waals surface area contributed by atoms with Crippen LogP contribution >= 0.6 is 0 Å². The molecule has 0 spiro atoms. The Labute approximate surface area is 124 Å². The van der Waals surface area contributed by atoms with E-state index in [1.54, 1.807) is 32.0 Å². The van der Waals surface area contributed by atoms with E-state index in [9.17, 15) is 8.42 Å². The van der Waals surface area contributed by atoms with E-state index in [1.165, 1.54) is 4.31 Å². The maximum Gasteiger partial charge on any atom is 0.244 e. The number of amidine groups is 1. The van der Waals surface area contributed by atoms with E-state index >= 15 is 0 Å². The first-order chi connectivity index (χ1) is 9.84. The van der Waals surface area contributed by atoms with Crippen molar-refractivity contribution >= 4 is 26.6 Å². The molecule has 2 aromatic rings. The molecule has 0 saturated carbocycles. The Kier molecular flexibility index (Phi) is 4.29. The predicted molar refractivity (Wildman–Crippen MR) is 84.9 cm³/mol. The van der Waals surface area contributed by atoms with Crippen LogP contribution in [0.3, 0.4) is 0 Å². The smallest absolute Gasteiger partial charge is 0.244 e. The third-order valence-corrected chi connectivity index (χ3v) is 5.32. The van der Waals surface area contributed by atoms with Crippen LogP contribution in [-0.4, -0.2) is 31.1 Å². The Hall–Kier alpha value is -1.92. The molecule has 0 heterocycles. The first-order valence-electron chi connectivity index (χ1n) is 6.66. The second-order valence-corrected chi connectivity index (χ2v) is 7.01. The highest BCUT2D eigenvalue weighted by Crippen LogP contribution is 2.26. The summed E-state index contributed by atoms with van der Waals surface area (Å²) >= 11 is 0. The van der Waals surface area contributed by atoms with E-state index in [0.717, 1.165) is 5.39 Å². The van der Waals surface area contributed by atoms with E-state index in [4.69, 9.17) is 11.1 Å². The lowest BCUT2D eigenvalue weighted by molar-refractivity contribution is 0.389. The lowest BCUT2D eigenvalue weighted by Crippen LogP contribution is -2.42. The van der Waals surface area contributed by atoms with Gasteiger partial charge in [-0.25, -0.2) is 8.42 Å². The topological polar surface area (TPSA) is 87.2 Å². The number of nitrogens with two attached hydrogens (primary N) is 1. The molecule has 0 aliphatic rings. The number of hydrogen-bond acceptors (Lipinski definition) is 3. The minimum Gasteiger partial charge on any atom is -0.387 e. The normalized spacial score (nSPS) is 12.2. The molecule has 2 aromatic carbocycles. The van der Waals surface area contributed by atoms with Gasteiger partial charge >= 0.3 is 0 Å². The van der Waals surface area contributed by atoms with E-state index in [2.05, 4.69) is 0 Å². The van der Waals surface area contributed by atoms with Gasteiger partial charge in [-0.05, 0) is 25.3 Å². The Balaban J connectivity index is 2.62. The summed E-state index contributed by atoms with van der Waals surface area (Å²) in [5, 5.41) is 8.94. The van der Waals surface area contributed by atoms with Gasteiger partial charge in [0, 0.05) is 11.4 Å². The number of fused-ring (bicyclic) bond motifs is 1. The van der Waals surface area contributed by atoms with Crippen LogP contribution < -0.4 is 5.73 Å². The molecule has 112 valence electrons. The van der Waals surface area contributed by atoms with Gasteiger partial charge in [0.2, 0.25) is 10.0 Å². The van der Waals surface area contributed by atoms with Crippen LogP contribution in [0.5, 0.6) is 0 Å². The van der Waals surface area contributed by atoms with Crippen LogP contribution in [0, 0.1) is 5.41 Å². The van der Waals surface area contributed by atoms with Crippen molar-refractivity contribution in [3.8, 4) is 0 Å². The molecule has 0 saturated heterocycles. The van der Waals surface area contributed by atoms with Crippen molar-refractivity contribution in [1.29, 1.82) is 5.41 Å². The van der Waals surface area contributed by atoms with E-state index in [-0.39, 0.29) is 23.3 Å². The maximum atomic E-state index is 12.9. The Morgan fingerprint density at radius 1 is 1.19 bits per heavy atom. The molecule has 0 atom stereocenters. The maximum absolute atomic E-state index is 12.9. The highest BCUT2D eigenvalue weighted by molar-refractivity contribution is 7.89. The van der Waals surface area contributed by atoms with Gasteiger partial charge in [-0.2, -0.15) is 4.31 Å². The molecule has 0 fully saturated rings. The largest absolute Gasteiger partial charge is 0.387 e. The Morgan fingerprint density at radius 2 is 1.81 bits per heavy atom. The highest BCUT2D eigenvalue weighted by Gasteiger charge is 2.28. The molecular weight excluding hydrogens is 286 g/mol. The second kappa shape index (κ2) is 5.83. The van der Waals surface area contributed by atoms with Crippen molar-refractivity contribution in [3.05, 3.63) is 42.5 Å². The van der Waals surface area contributed by atoms with Crippen molar-refractivity contribution < 1.29 is 8.42 Å². The van der Waals surface area contributed by atoms with Crippen LogP contribution in [0.25, 0.3) is 10.8 Å². The zero-order valence-electron chi connectivity index (χ0n) is 12.1. The van der Waals surface area contributed by atoms with Gasteiger partial charge in [0.25, 0.3) is 0 Å². The predicted octanol–water partition coefficient (Wildman–Crippen LogP) is 2.17. The summed E-state index contributed by atoms with van der Waals surface area (Å²) in [7, 11) is -3.71. The third kappa shape index (κ3) is 3.06. The number of benzene rings is 2. The molecule has 0 radical (unpaired) electrons. The molecule has 21 heavy (non-hydrogen) atoms. The summed E-state index contributed by atoms with van der Waals surface area (Å²) in [4.78, 5) is 0.246. The SMILES string of the molecule is CC(C)N(CC(=N)N)S(=O)(=O)c1cccc2ccccc12. The molecule has 0 amide bonds. The fraction of sp³-hybridized carbons (Fsp3) is 0.267. The molecule has 2 rings (SSSR count). The van der Waals surface area contributed by atoms with Gasteiger partial charge in [0.15, 0.2) is 0 Å². The number of nitrogens with one attached hydrogen (secondary N) is 1. The first kappa shape index (κ1) is 15.5. The average molecular weight is 305 g/mol. The van der Waals surface area contributed by atoms with Crippen LogP contribution in [0.1, 0.15) is 13.8 Å². The van der Waals surface area contributed by atoms with Crippen LogP contribution in [0.2, 0.25) is 0 Å². The molecule has 3 N–H and O–H groups in total. The standard InChI is InChI=1S/C15H19N3O2S/c1-11(2)18(10-15(16)17)21(19,20)14-9-5-7-12-6-3-4-8-13(12)14/h3-9,11H,10H2,1-2H3,(H3,16,17). The third-order valence-electron chi connectivity index (χ3n) is 3.24. The zero-order chi connectivity index (χ0) is 15.6. The summed E-state index contributed by atoms with van der Waals surface area (Å²) in [6.07, 6.45) is 0. The number of rotatable bonds is 5. The van der Waals surface area contributed by atoms with E-state index in [0.29, 0.717) is 5.39 Å². The monoisotopic (exact) mass is 305 g/mol.